The molecule has 0 radical (unpaired) electrons. The van der Waals surface area contributed by atoms with E-state index in [1.165, 1.54) is 29.5 Å². The van der Waals surface area contributed by atoms with Crippen molar-refractivity contribution in [2.75, 3.05) is 6.54 Å². The van der Waals surface area contributed by atoms with E-state index in [2.05, 4.69) is 45.9 Å². The summed E-state index contributed by atoms with van der Waals surface area (Å²) in [4.78, 5) is 0. The Morgan fingerprint density at radius 3 is 2.12 bits per heavy atom. The van der Waals surface area contributed by atoms with Crippen molar-refractivity contribution in [2.24, 2.45) is 11.1 Å². The second kappa shape index (κ2) is 5.49. The highest BCUT2D eigenvalue weighted by Gasteiger charge is 2.21. The average Bonchev–Trinajstić information content (AvgIpc) is 2.16. The predicted molar refractivity (Wildman–Crippen MR) is 71.7 cm³/mol. The van der Waals surface area contributed by atoms with Gasteiger partial charge in [0.25, 0.3) is 0 Å². The lowest BCUT2D eigenvalue weighted by molar-refractivity contribution is 0.302. The fourth-order valence-corrected chi connectivity index (χ4v) is 2.53. The zero-order valence-electron chi connectivity index (χ0n) is 11.1. The fraction of sp³-hybridized carbons (Fsp3) is 0.600. The summed E-state index contributed by atoms with van der Waals surface area (Å²) >= 11 is 0. The van der Waals surface area contributed by atoms with E-state index < -0.39 is 0 Å². The number of hydrogen-bond acceptors (Lipinski definition) is 1. The summed E-state index contributed by atoms with van der Waals surface area (Å²) in [5, 5.41) is 0. The highest BCUT2D eigenvalue weighted by molar-refractivity contribution is 5.29. The molecule has 0 heterocycles. The van der Waals surface area contributed by atoms with E-state index >= 15 is 0 Å². The Hall–Kier alpha value is -0.820. The second-order valence-corrected chi connectivity index (χ2v) is 5.44. The molecule has 1 aromatic rings. The fourth-order valence-electron chi connectivity index (χ4n) is 2.53. The number of benzene rings is 1. The molecule has 2 N–H and O–H groups in total. The number of nitrogens with two attached hydrogens (primary N) is 1. The van der Waals surface area contributed by atoms with Gasteiger partial charge >= 0.3 is 0 Å². The van der Waals surface area contributed by atoms with Crippen LogP contribution in [0.25, 0.3) is 0 Å². The molecule has 0 fully saturated rings. The number of aryl methyl sites for hydroxylation is 2. The van der Waals surface area contributed by atoms with E-state index in [1.54, 1.807) is 0 Å². The summed E-state index contributed by atoms with van der Waals surface area (Å²) in [6, 6.07) is 6.80. The van der Waals surface area contributed by atoms with Gasteiger partial charge in [0.05, 0.1) is 0 Å². The molecule has 0 aromatic heterocycles. The first-order valence-corrected chi connectivity index (χ1v) is 6.26. The monoisotopic (exact) mass is 219 g/mol. The van der Waals surface area contributed by atoms with Crippen molar-refractivity contribution >= 4 is 0 Å². The molecule has 1 atom stereocenters. The lowest BCUT2D eigenvalue weighted by Crippen LogP contribution is -2.29. The van der Waals surface area contributed by atoms with Crippen LogP contribution in [0.5, 0.6) is 0 Å². The minimum Gasteiger partial charge on any atom is -0.330 e. The third kappa shape index (κ3) is 3.64. The Balaban J connectivity index is 2.85. The normalized spacial score (nSPS) is 14.8. The molecule has 16 heavy (non-hydrogen) atoms. The molecule has 0 saturated heterocycles. The summed E-state index contributed by atoms with van der Waals surface area (Å²) < 4.78 is 0. The van der Waals surface area contributed by atoms with Crippen molar-refractivity contribution in [2.45, 2.75) is 47.0 Å². The lowest BCUT2D eigenvalue weighted by Gasteiger charge is -2.28. The average molecular weight is 219 g/mol. The van der Waals surface area contributed by atoms with E-state index in [0.717, 1.165) is 13.0 Å². The Kier molecular flexibility index (Phi) is 4.55. The van der Waals surface area contributed by atoms with Gasteiger partial charge in [-0.05, 0) is 44.2 Å². The first-order valence-electron chi connectivity index (χ1n) is 6.26. The Morgan fingerprint density at radius 2 is 1.69 bits per heavy atom. The van der Waals surface area contributed by atoms with Crippen molar-refractivity contribution < 1.29 is 0 Å². The van der Waals surface area contributed by atoms with Gasteiger partial charge in [-0.25, -0.2) is 0 Å². The van der Waals surface area contributed by atoms with Crippen LogP contribution in [-0.2, 0) is 6.42 Å². The van der Waals surface area contributed by atoms with Crippen LogP contribution >= 0.6 is 0 Å². The maximum absolute atomic E-state index is 5.92. The lowest BCUT2D eigenvalue weighted by atomic mass is 9.79. The van der Waals surface area contributed by atoms with Crippen LogP contribution in [0, 0.1) is 19.3 Å². The minimum absolute atomic E-state index is 0.259. The Bertz CT molecular complexity index is 323. The van der Waals surface area contributed by atoms with Gasteiger partial charge in [-0.1, -0.05) is 49.6 Å². The van der Waals surface area contributed by atoms with Crippen molar-refractivity contribution in [3.8, 4) is 0 Å². The maximum Gasteiger partial charge on any atom is -0.00200 e. The molecule has 0 aliphatic heterocycles. The molecular formula is C15H25N. The molecule has 1 aromatic carbocycles. The third-order valence-corrected chi connectivity index (χ3v) is 3.26. The smallest absolute Gasteiger partial charge is 0.00200 e. The molecule has 0 aliphatic rings. The Labute approximate surface area is 100 Å². The maximum atomic E-state index is 5.92. The van der Waals surface area contributed by atoms with Gasteiger partial charge in [-0.15, -0.1) is 0 Å². The van der Waals surface area contributed by atoms with Crippen molar-refractivity contribution in [1.29, 1.82) is 0 Å². The van der Waals surface area contributed by atoms with Crippen LogP contribution in [0.1, 0.15) is 43.4 Å². The van der Waals surface area contributed by atoms with Gasteiger partial charge in [-0.3, -0.25) is 0 Å². The molecule has 0 saturated carbocycles. The van der Waals surface area contributed by atoms with Gasteiger partial charge in [0.15, 0.2) is 0 Å². The van der Waals surface area contributed by atoms with Crippen molar-refractivity contribution in [3.63, 3.8) is 0 Å². The van der Waals surface area contributed by atoms with E-state index in [1.807, 2.05) is 0 Å². The summed E-state index contributed by atoms with van der Waals surface area (Å²) in [5.74, 6) is 0. The molecule has 90 valence electrons. The predicted octanol–water partition coefficient (Wildman–Crippen LogP) is 3.61. The van der Waals surface area contributed by atoms with Crippen molar-refractivity contribution in [1.82, 2.24) is 0 Å². The topological polar surface area (TPSA) is 26.0 Å². The van der Waals surface area contributed by atoms with Gasteiger partial charge in [0.2, 0.25) is 0 Å². The van der Waals surface area contributed by atoms with Crippen LogP contribution in [-0.4, -0.2) is 6.54 Å². The molecule has 1 rings (SSSR count). The number of hydrogen-bond donors (Lipinski definition) is 1. The van der Waals surface area contributed by atoms with Crippen LogP contribution in [0.3, 0.4) is 0 Å². The first kappa shape index (κ1) is 13.2. The molecule has 1 heteroatoms. The summed E-state index contributed by atoms with van der Waals surface area (Å²) in [6.07, 6.45) is 3.51. The molecule has 0 aliphatic carbocycles. The minimum atomic E-state index is 0.259. The summed E-state index contributed by atoms with van der Waals surface area (Å²) in [6.45, 7) is 9.63. The molecule has 1 unspecified atom stereocenters. The SMILES string of the molecule is CCCC(C)(CN)Cc1cc(C)cc(C)c1. The van der Waals surface area contributed by atoms with E-state index in [9.17, 15) is 0 Å². The van der Waals surface area contributed by atoms with Crippen LogP contribution in [0.4, 0.5) is 0 Å². The third-order valence-electron chi connectivity index (χ3n) is 3.26. The Morgan fingerprint density at radius 1 is 1.12 bits per heavy atom. The quantitative estimate of drug-likeness (QED) is 0.804. The van der Waals surface area contributed by atoms with Gasteiger partial charge in [0.1, 0.15) is 0 Å². The molecule has 0 bridgehead atoms. The zero-order valence-corrected chi connectivity index (χ0v) is 11.1. The van der Waals surface area contributed by atoms with E-state index in [0.29, 0.717) is 0 Å². The first-order chi connectivity index (χ1) is 7.49. The molecule has 1 nitrogen and oxygen atoms in total. The summed E-state index contributed by atoms with van der Waals surface area (Å²) in [7, 11) is 0. The van der Waals surface area contributed by atoms with Crippen LogP contribution in [0.15, 0.2) is 18.2 Å². The highest BCUT2D eigenvalue weighted by atomic mass is 14.6. The standard InChI is InChI=1S/C15H25N/c1-5-6-15(4,11-16)10-14-8-12(2)7-13(3)9-14/h7-9H,5-6,10-11,16H2,1-4H3. The zero-order chi connectivity index (χ0) is 12.2. The van der Waals surface area contributed by atoms with Gasteiger partial charge < -0.3 is 5.73 Å². The van der Waals surface area contributed by atoms with Crippen molar-refractivity contribution in [3.05, 3.63) is 34.9 Å². The molecule has 0 spiro atoms. The largest absolute Gasteiger partial charge is 0.330 e. The van der Waals surface area contributed by atoms with E-state index in [4.69, 9.17) is 5.73 Å². The van der Waals surface area contributed by atoms with Gasteiger partial charge in [-0.2, -0.15) is 0 Å². The van der Waals surface area contributed by atoms with Gasteiger partial charge in [0, 0.05) is 0 Å². The number of rotatable bonds is 5. The molecule has 0 amide bonds. The van der Waals surface area contributed by atoms with E-state index in [-0.39, 0.29) is 5.41 Å². The second-order valence-electron chi connectivity index (χ2n) is 5.44. The van der Waals surface area contributed by atoms with Crippen LogP contribution in [0.2, 0.25) is 0 Å². The molecular weight excluding hydrogens is 194 g/mol. The summed E-state index contributed by atoms with van der Waals surface area (Å²) in [5.41, 5.74) is 10.3. The van der Waals surface area contributed by atoms with Crippen LogP contribution < -0.4 is 5.73 Å². The highest BCUT2D eigenvalue weighted by Crippen LogP contribution is 2.27.